The number of carbonyl (C=O) groups excluding carboxylic acids is 1. The Morgan fingerprint density at radius 2 is 2.12 bits per heavy atom. The number of aromatic nitrogens is 2. The Labute approximate surface area is 144 Å². The molecule has 130 valence electrons. The van der Waals surface area contributed by atoms with Crippen molar-refractivity contribution >= 4 is 16.9 Å². The first kappa shape index (κ1) is 17.0. The highest BCUT2D eigenvalue weighted by Gasteiger charge is 2.30. The predicted octanol–water partition coefficient (Wildman–Crippen LogP) is 2.62. The molecule has 1 aromatic heterocycles. The Morgan fingerprint density at radius 3 is 2.92 bits per heavy atom. The number of benzene rings is 1. The highest BCUT2D eigenvalue weighted by atomic mass is 16.2. The monoisotopic (exact) mass is 328 g/mol. The number of amides is 1. The van der Waals surface area contributed by atoms with Gasteiger partial charge < -0.3 is 14.4 Å². The van der Waals surface area contributed by atoms with Crippen LogP contribution in [0.15, 0.2) is 30.6 Å². The average Bonchev–Trinajstić information content (AvgIpc) is 2.97. The number of likely N-dealkylation sites (tertiary alicyclic amines) is 1. The smallest absolute Gasteiger partial charge is 0.227 e. The first-order chi connectivity index (χ1) is 11.6. The Morgan fingerprint density at radius 1 is 1.33 bits per heavy atom. The highest BCUT2D eigenvalue weighted by molar-refractivity contribution is 5.79. The van der Waals surface area contributed by atoms with Crippen molar-refractivity contribution in [1.29, 1.82) is 0 Å². The molecule has 1 aromatic carbocycles. The fourth-order valence-electron chi connectivity index (χ4n) is 3.71. The molecule has 5 nitrogen and oxygen atoms in total. The molecule has 2 aromatic rings. The third kappa shape index (κ3) is 3.61. The van der Waals surface area contributed by atoms with E-state index in [0.29, 0.717) is 12.6 Å². The first-order valence-corrected chi connectivity index (χ1v) is 8.91. The van der Waals surface area contributed by atoms with E-state index in [-0.39, 0.29) is 11.8 Å². The standard InChI is InChI=1S/C19H28N4O/c1-15(12-22-14-20-17-9-4-5-10-18(17)22)19(24)23-11-7-6-8-16(23)13-21(2)3/h4-5,9-10,14-16H,6-8,11-13H2,1-3H3/t15-,16-/m0/s1. The summed E-state index contributed by atoms with van der Waals surface area (Å²) in [6.07, 6.45) is 5.31. The molecule has 0 aliphatic carbocycles. The van der Waals surface area contributed by atoms with Crippen molar-refractivity contribution in [2.24, 2.45) is 5.92 Å². The van der Waals surface area contributed by atoms with Crippen LogP contribution in [0.2, 0.25) is 0 Å². The summed E-state index contributed by atoms with van der Waals surface area (Å²) < 4.78 is 2.10. The van der Waals surface area contributed by atoms with Crippen molar-refractivity contribution in [1.82, 2.24) is 19.4 Å². The van der Waals surface area contributed by atoms with Gasteiger partial charge in [0.1, 0.15) is 0 Å². The molecule has 3 rings (SSSR count). The Balaban J connectivity index is 1.71. The van der Waals surface area contributed by atoms with Crippen LogP contribution >= 0.6 is 0 Å². The Kier molecular flexibility index (Phi) is 5.19. The van der Waals surface area contributed by atoms with Crippen molar-refractivity contribution < 1.29 is 4.79 Å². The molecule has 1 aliphatic heterocycles. The van der Waals surface area contributed by atoms with Gasteiger partial charge in [0.25, 0.3) is 0 Å². The largest absolute Gasteiger partial charge is 0.338 e. The van der Waals surface area contributed by atoms with Crippen molar-refractivity contribution in [2.75, 3.05) is 27.2 Å². The van der Waals surface area contributed by atoms with Gasteiger partial charge in [-0.05, 0) is 45.5 Å². The van der Waals surface area contributed by atoms with E-state index in [1.165, 1.54) is 6.42 Å². The lowest BCUT2D eigenvalue weighted by Gasteiger charge is -2.38. The second-order valence-electron chi connectivity index (χ2n) is 7.23. The number of rotatable bonds is 5. The molecule has 1 fully saturated rings. The van der Waals surface area contributed by atoms with Crippen LogP contribution in [0.1, 0.15) is 26.2 Å². The fraction of sp³-hybridized carbons (Fsp3) is 0.579. The Bertz CT molecular complexity index is 693. The SMILES string of the molecule is C[C@@H](Cn1cnc2ccccc21)C(=O)N1CCCC[C@H]1CN(C)C. The molecule has 1 amide bonds. The molecule has 5 heteroatoms. The average molecular weight is 328 g/mol. The van der Waals surface area contributed by atoms with Crippen LogP contribution in [-0.2, 0) is 11.3 Å². The van der Waals surface area contributed by atoms with Crippen LogP contribution in [0.4, 0.5) is 0 Å². The maximum absolute atomic E-state index is 13.0. The maximum atomic E-state index is 13.0. The molecule has 0 N–H and O–H groups in total. The fourth-order valence-corrected chi connectivity index (χ4v) is 3.71. The molecule has 24 heavy (non-hydrogen) atoms. The predicted molar refractivity (Wildman–Crippen MR) is 96.8 cm³/mol. The lowest BCUT2D eigenvalue weighted by atomic mass is 9.99. The molecule has 0 bridgehead atoms. The van der Waals surface area contributed by atoms with E-state index in [9.17, 15) is 4.79 Å². The van der Waals surface area contributed by atoms with Gasteiger partial charge in [0.2, 0.25) is 5.91 Å². The summed E-state index contributed by atoms with van der Waals surface area (Å²) in [6, 6.07) is 8.44. The lowest BCUT2D eigenvalue weighted by Crippen LogP contribution is -2.50. The summed E-state index contributed by atoms with van der Waals surface area (Å²) in [5.41, 5.74) is 2.08. The zero-order valence-corrected chi connectivity index (χ0v) is 15.0. The molecule has 1 saturated heterocycles. The normalized spacial score (nSPS) is 19.8. The number of hydrogen-bond donors (Lipinski definition) is 0. The molecule has 2 heterocycles. The van der Waals surface area contributed by atoms with E-state index in [1.54, 1.807) is 0 Å². The molecule has 0 saturated carbocycles. The zero-order chi connectivity index (χ0) is 17.1. The van der Waals surface area contributed by atoms with Gasteiger partial charge in [-0.2, -0.15) is 0 Å². The van der Waals surface area contributed by atoms with Gasteiger partial charge in [0.05, 0.1) is 23.3 Å². The number of nitrogens with zero attached hydrogens (tertiary/aromatic N) is 4. The van der Waals surface area contributed by atoms with Gasteiger partial charge in [-0.15, -0.1) is 0 Å². The topological polar surface area (TPSA) is 41.4 Å². The van der Waals surface area contributed by atoms with Crippen LogP contribution in [0.3, 0.4) is 0 Å². The van der Waals surface area contributed by atoms with Gasteiger partial charge in [-0.1, -0.05) is 19.1 Å². The van der Waals surface area contributed by atoms with Crippen molar-refractivity contribution in [3.63, 3.8) is 0 Å². The lowest BCUT2D eigenvalue weighted by molar-refractivity contribution is -0.139. The summed E-state index contributed by atoms with van der Waals surface area (Å²) in [6.45, 7) is 4.57. The quantitative estimate of drug-likeness (QED) is 0.847. The minimum absolute atomic E-state index is 0.0367. The van der Waals surface area contributed by atoms with E-state index in [4.69, 9.17) is 0 Å². The number of fused-ring (bicyclic) bond motifs is 1. The number of carbonyl (C=O) groups is 1. The van der Waals surface area contributed by atoms with E-state index in [0.717, 1.165) is 37.0 Å². The van der Waals surface area contributed by atoms with Crippen LogP contribution in [0.25, 0.3) is 11.0 Å². The summed E-state index contributed by atoms with van der Waals surface area (Å²) in [5.74, 6) is 0.240. The molecular weight excluding hydrogens is 300 g/mol. The molecular formula is C19H28N4O. The molecule has 0 radical (unpaired) electrons. The summed E-state index contributed by atoms with van der Waals surface area (Å²) in [4.78, 5) is 21.8. The molecule has 1 aliphatic rings. The summed E-state index contributed by atoms with van der Waals surface area (Å²) in [5, 5.41) is 0. The van der Waals surface area contributed by atoms with Gasteiger partial charge in [0, 0.05) is 25.7 Å². The number of piperidine rings is 1. The van der Waals surface area contributed by atoms with Gasteiger partial charge in [0.15, 0.2) is 0 Å². The maximum Gasteiger partial charge on any atom is 0.227 e. The van der Waals surface area contributed by atoms with Crippen molar-refractivity contribution in [3.8, 4) is 0 Å². The highest BCUT2D eigenvalue weighted by Crippen LogP contribution is 2.21. The van der Waals surface area contributed by atoms with E-state index in [2.05, 4.69) is 39.5 Å². The summed E-state index contributed by atoms with van der Waals surface area (Å²) >= 11 is 0. The number of para-hydroxylation sites is 2. The second-order valence-corrected chi connectivity index (χ2v) is 7.23. The van der Waals surface area contributed by atoms with Crippen molar-refractivity contribution in [3.05, 3.63) is 30.6 Å². The number of imidazole rings is 1. The zero-order valence-electron chi connectivity index (χ0n) is 15.0. The van der Waals surface area contributed by atoms with Crippen molar-refractivity contribution in [2.45, 2.75) is 38.8 Å². The number of likely N-dealkylation sites (N-methyl/N-ethyl adjacent to an activating group) is 1. The van der Waals surface area contributed by atoms with Crippen LogP contribution in [0.5, 0.6) is 0 Å². The second kappa shape index (κ2) is 7.34. The van der Waals surface area contributed by atoms with Crippen LogP contribution in [-0.4, -0.2) is 58.5 Å². The third-order valence-corrected chi connectivity index (χ3v) is 4.91. The molecule has 0 unspecified atom stereocenters. The minimum atomic E-state index is -0.0367. The van der Waals surface area contributed by atoms with E-state index >= 15 is 0 Å². The number of hydrogen-bond acceptors (Lipinski definition) is 3. The first-order valence-electron chi connectivity index (χ1n) is 8.91. The van der Waals surface area contributed by atoms with Gasteiger partial charge >= 0.3 is 0 Å². The van der Waals surface area contributed by atoms with Gasteiger partial charge in [-0.3, -0.25) is 4.79 Å². The third-order valence-electron chi connectivity index (χ3n) is 4.91. The molecule has 2 atom stereocenters. The van der Waals surface area contributed by atoms with E-state index < -0.39 is 0 Å². The Hall–Kier alpha value is -1.88. The van der Waals surface area contributed by atoms with Crippen LogP contribution in [0, 0.1) is 5.92 Å². The molecule has 0 spiro atoms. The van der Waals surface area contributed by atoms with Crippen LogP contribution < -0.4 is 0 Å². The van der Waals surface area contributed by atoms with E-state index in [1.807, 2.05) is 31.5 Å². The summed E-state index contributed by atoms with van der Waals surface area (Å²) in [7, 11) is 4.16. The minimum Gasteiger partial charge on any atom is -0.338 e. The van der Waals surface area contributed by atoms with Gasteiger partial charge in [-0.25, -0.2) is 4.98 Å².